The Bertz CT molecular complexity index is 551. The molecule has 1 aliphatic heterocycles. The van der Waals surface area contributed by atoms with Gasteiger partial charge >= 0.3 is 0 Å². The van der Waals surface area contributed by atoms with Gasteiger partial charge in [0, 0.05) is 15.9 Å². The molecule has 2 nitrogen and oxygen atoms in total. The highest BCUT2D eigenvalue weighted by Gasteiger charge is 2.20. The number of aromatic nitrogens is 1. The fourth-order valence-corrected chi connectivity index (χ4v) is 2.57. The smallest absolute Gasteiger partial charge is 0.130 e. The number of hydrogen-bond donors (Lipinski definition) is 1. The van der Waals surface area contributed by atoms with E-state index < -0.39 is 0 Å². The minimum absolute atomic E-state index is 0.558. The summed E-state index contributed by atoms with van der Waals surface area (Å²) in [5.41, 5.74) is 2.40. The van der Waals surface area contributed by atoms with Gasteiger partial charge in [-0.2, -0.15) is 0 Å². The molecule has 1 atom stereocenters. The first-order chi connectivity index (χ1) is 7.76. The van der Waals surface area contributed by atoms with Gasteiger partial charge in [-0.25, -0.2) is 4.98 Å². The predicted octanol–water partition coefficient (Wildman–Crippen LogP) is 3.74. The molecule has 1 aliphatic rings. The van der Waals surface area contributed by atoms with Crippen molar-refractivity contribution in [3.63, 3.8) is 0 Å². The van der Waals surface area contributed by atoms with Crippen LogP contribution in [0.3, 0.4) is 0 Å². The van der Waals surface area contributed by atoms with Crippen molar-refractivity contribution in [2.45, 2.75) is 25.8 Å². The van der Waals surface area contributed by atoms with Crippen molar-refractivity contribution < 1.29 is 0 Å². The minimum Gasteiger partial charge on any atom is -0.367 e. The van der Waals surface area contributed by atoms with Crippen LogP contribution >= 0.6 is 15.9 Å². The Labute approximate surface area is 103 Å². The summed E-state index contributed by atoms with van der Waals surface area (Å²) in [4.78, 5) is 4.67. The Morgan fingerprint density at radius 1 is 1.44 bits per heavy atom. The topological polar surface area (TPSA) is 24.9 Å². The summed E-state index contributed by atoms with van der Waals surface area (Å²) >= 11 is 3.48. The molecule has 2 heterocycles. The first-order valence-corrected chi connectivity index (χ1v) is 6.41. The van der Waals surface area contributed by atoms with Crippen LogP contribution in [0.2, 0.25) is 0 Å². The number of pyridine rings is 1. The lowest BCUT2D eigenvalue weighted by atomic mass is 10.1. The van der Waals surface area contributed by atoms with E-state index in [9.17, 15) is 0 Å². The molecule has 0 amide bonds. The van der Waals surface area contributed by atoms with Crippen molar-refractivity contribution in [3.8, 4) is 0 Å². The fraction of sp³-hybridized carbons (Fsp3) is 0.308. The molecule has 2 aromatic rings. The molecule has 0 bridgehead atoms. The molecule has 3 rings (SSSR count). The van der Waals surface area contributed by atoms with E-state index in [-0.39, 0.29) is 0 Å². The van der Waals surface area contributed by atoms with Crippen LogP contribution in [0.25, 0.3) is 10.9 Å². The second kappa shape index (κ2) is 3.74. The molecule has 0 aliphatic carbocycles. The van der Waals surface area contributed by atoms with Crippen molar-refractivity contribution in [1.82, 2.24) is 4.98 Å². The van der Waals surface area contributed by atoms with Crippen LogP contribution in [0.1, 0.15) is 18.9 Å². The van der Waals surface area contributed by atoms with E-state index in [1.807, 2.05) is 0 Å². The number of hydrogen-bond acceptors (Lipinski definition) is 2. The molecule has 82 valence electrons. The molecule has 1 N–H and O–H groups in total. The molecule has 3 heteroatoms. The zero-order valence-electron chi connectivity index (χ0n) is 9.13. The number of fused-ring (bicyclic) bond motifs is 2. The second-order valence-electron chi connectivity index (χ2n) is 4.29. The minimum atomic E-state index is 0.558. The van der Waals surface area contributed by atoms with Crippen molar-refractivity contribution in [3.05, 3.63) is 34.3 Å². The van der Waals surface area contributed by atoms with E-state index in [1.165, 1.54) is 10.9 Å². The molecule has 1 aromatic heterocycles. The molecule has 16 heavy (non-hydrogen) atoms. The molecule has 1 aromatic carbocycles. The molecular weight excluding hydrogens is 264 g/mol. The summed E-state index contributed by atoms with van der Waals surface area (Å²) in [7, 11) is 0. The van der Waals surface area contributed by atoms with E-state index in [0.29, 0.717) is 6.04 Å². The normalized spacial score (nSPS) is 18.5. The number of halogens is 1. The summed E-state index contributed by atoms with van der Waals surface area (Å²) < 4.78 is 1.08. The van der Waals surface area contributed by atoms with Gasteiger partial charge in [-0.15, -0.1) is 0 Å². The first kappa shape index (κ1) is 10.1. The Hall–Kier alpha value is -1.09. The molecule has 0 saturated heterocycles. The average molecular weight is 277 g/mol. The Morgan fingerprint density at radius 3 is 3.12 bits per heavy atom. The van der Waals surface area contributed by atoms with E-state index in [2.05, 4.69) is 57.4 Å². The lowest BCUT2D eigenvalue weighted by molar-refractivity contribution is 0.723. The van der Waals surface area contributed by atoms with Gasteiger partial charge in [-0.3, -0.25) is 0 Å². The SMILES string of the molecule is CC[C@@H]1Cc2cc3ccc(Br)cc3nc2N1. The van der Waals surface area contributed by atoms with Crippen molar-refractivity contribution in [2.24, 2.45) is 0 Å². The Kier molecular flexibility index (Phi) is 2.36. The van der Waals surface area contributed by atoms with Crippen LogP contribution < -0.4 is 5.32 Å². The van der Waals surface area contributed by atoms with Gasteiger partial charge in [0.05, 0.1) is 5.52 Å². The molecular formula is C13H13BrN2. The third-order valence-electron chi connectivity index (χ3n) is 3.16. The van der Waals surface area contributed by atoms with Crippen LogP contribution in [0.4, 0.5) is 5.82 Å². The first-order valence-electron chi connectivity index (χ1n) is 5.62. The van der Waals surface area contributed by atoms with Gasteiger partial charge in [0.2, 0.25) is 0 Å². The number of benzene rings is 1. The van der Waals surface area contributed by atoms with Crippen molar-refractivity contribution in [1.29, 1.82) is 0 Å². The van der Waals surface area contributed by atoms with Gasteiger partial charge in [-0.1, -0.05) is 28.9 Å². The van der Waals surface area contributed by atoms with Gasteiger partial charge in [-0.05, 0) is 36.6 Å². The molecule has 0 radical (unpaired) electrons. The average Bonchev–Trinajstić information content (AvgIpc) is 2.67. The third kappa shape index (κ3) is 1.59. The number of rotatable bonds is 1. The van der Waals surface area contributed by atoms with Gasteiger partial charge < -0.3 is 5.32 Å². The third-order valence-corrected chi connectivity index (χ3v) is 3.65. The zero-order chi connectivity index (χ0) is 11.1. The van der Waals surface area contributed by atoms with Crippen LogP contribution in [0.15, 0.2) is 28.7 Å². The molecule has 0 fully saturated rings. The van der Waals surface area contributed by atoms with E-state index in [0.717, 1.165) is 28.6 Å². The van der Waals surface area contributed by atoms with Gasteiger partial charge in [0.1, 0.15) is 5.82 Å². The maximum atomic E-state index is 4.67. The van der Waals surface area contributed by atoms with E-state index in [4.69, 9.17) is 0 Å². The van der Waals surface area contributed by atoms with Gasteiger partial charge in [0.15, 0.2) is 0 Å². The number of anilines is 1. The summed E-state index contributed by atoms with van der Waals surface area (Å²) in [5, 5.41) is 4.69. The molecule has 0 saturated carbocycles. The fourth-order valence-electron chi connectivity index (χ4n) is 2.22. The molecule has 0 unspecified atom stereocenters. The summed E-state index contributed by atoms with van der Waals surface area (Å²) in [6, 6.07) is 9.06. The highest BCUT2D eigenvalue weighted by Crippen LogP contribution is 2.29. The van der Waals surface area contributed by atoms with Crippen molar-refractivity contribution >= 4 is 32.7 Å². The Balaban J connectivity index is 2.14. The summed E-state index contributed by atoms with van der Waals surface area (Å²) in [6.07, 6.45) is 2.25. The second-order valence-corrected chi connectivity index (χ2v) is 5.20. The predicted molar refractivity (Wildman–Crippen MR) is 70.8 cm³/mol. The van der Waals surface area contributed by atoms with Crippen LogP contribution in [-0.4, -0.2) is 11.0 Å². The monoisotopic (exact) mass is 276 g/mol. The standard InChI is InChI=1S/C13H13BrN2/c1-2-11-6-9-5-8-3-4-10(14)7-12(8)16-13(9)15-11/h3-5,7,11H,2,6H2,1H3,(H,15,16)/t11-/m1/s1. The lowest BCUT2D eigenvalue weighted by Crippen LogP contribution is -2.13. The van der Waals surface area contributed by atoms with Crippen molar-refractivity contribution in [2.75, 3.05) is 5.32 Å². The number of nitrogens with zero attached hydrogens (tertiary/aromatic N) is 1. The quantitative estimate of drug-likeness (QED) is 0.858. The number of nitrogens with one attached hydrogen (secondary N) is 1. The van der Waals surface area contributed by atoms with Crippen LogP contribution in [0, 0.1) is 0 Å². The highest BCUT2D eigenvalue weighted by atomic mass is 79.9. The van der Waals surface area contributed by atoms with E-state index in [1.54, 1.807) is 0 Å². The highest BCUT2D eigenvalue weighted by molar-refractivity contribution is 9.10. The summed E-state index contributed by atoms with van der Waals surface area (Å²) in [5.74, 6) is 1.07. The van der Waals surface area contributed by atoms with Crippen LogP contribution in [0.5, 0.6) is 0 Å². The zero-order valence-corrected chi connectivity index (χ0v) is 10.7. The Morgan fingerprint density at radius 2 is 2.31 bits per heavy atom. The maximum Gasteiger partial charge on any atom is 0.130 e. The maximum absolute atomic E-state index is 4.67. The lowest BCUT2D eigenvalue weighted by Gasteiger charge is -2.05. The van der Waals surface area contributed by atoms with Crippen LogP contribution in [-0.2, 0) is 6.42 Å². The van der Waals surface area contributed by atoms with Gasteiger partial charge in [0.25, 0.3) is 0 Å². The van der Waals surface area contributed by atoms with E-state index >= 15 is 0 Å². The molecule has 0 spiro atoms. The summed E-state index contributed by atoms with van der Waals surface area (Å²) in [6.45, 7) is 2.21. The largest absolute Gasteiger partial charge is 0.367 e.